The van der Waals surface area contributed by atoms with Gasteiger partial charge in [0.25, 0.3) is 5.91 Å². The zero-order valence-electron chi connectivity index (χ0n) is 30.3. The minimum atomic E-state index is -1.08. The number of aromatic carboxylic acids is 1. The van der Waals surface area contributed by atoms with Crippen LogP contribution in [0.2, 0.25) is 10.0 Å². The zero-order valence-corrected chi connectivity index (χ0v) is 31.8. The summed E-state index contributed by atoms with van der Waals surface area (Å²) in [6.45, 7) is 10.4. The van der Waals surface area contributed by atoms with E-state index < -0.39 is 5.97 Å². The molecule has 3 aromatic carbocycles. The van der Waals surface area contributed by atoms with Crippen LogP contribution in [0.3, 0.4) is 0 Å². The standard InChI is InChI=1S/C40H41Cl2N5O5/c1-20-13-26(14-21(2)35(20)42)52-12-8-9-27-28-10-11-31(41)34(33-23(4)43-45(7)24(33)5)37(28)47-22(3)17-46(39(49)38(27)47)32-16-25(19-48)15-29-30(40(50)51)18-44(6)36(29)32/h10-11,13-16,18,22,48H,8-9,12,17,19H2,1-7H3,(H,50,51). The van der Waals surface area contributed by atoms with Gasteiger partial charge in [0.1, 0.15) is 11.4 Å². The summed E-state index contributed by atoms with van der Waals surface area (Å²) in [7, 11) is 3.68. The zero-order chi connectivity index (χ0) is 37.3. The second-order valence-electron chi connectivity index (χ2n) is 13.9. The van der Waals surface area contributed by atoms with Crippen molar-refractivity contribution in [2.75, 3.05) is 18.1 Å². The number of aliphatic hydroxyl groups excluding tert-OH is 1. The van der Waals surface area contributed by atoms with E-state index in [1.807, 2.05) is 63.7 Å². The second-order valence-corrected chi connectivity index (χ2v) is 14.7. The molecule has 0 radical (unpaired) electrons. The average molecular weight is 743 g/mol. The van der Waals surface area contributed by atoms with Gasteiger partial charge in [0.2, 0.25) is 0 Å². The first-order valence-corrected chi connectivity index (χ1v) is 18.0. The van der Waals surface area contributed by atoms with E-state index in [-0.39, 0.29) is 24.1 Å². The van der Waals surface area contributed by atoms with Crippen LogP contribution in [-0.4, -0.2) is 54.2 Å². The fraction of sp³-hybridized carbons (Fsp3) is 0.325. The molecule has 1 aliphatic rings. The number of benzene rings is 3. The van der Waals surface area contributed by atoms with Crippen LogP contribution in [0, 0.1) is 27.7 Å². The van der Waals surface area contributed by atoms with Crippen molar-refractivity contribution < 1.29 is 24.5 Å². The summed E-state index contributed by atoms with van der Waals surface area (Å²) in [4.78, 5) is 29.1. The van der Waals surface area contributed by atoms with Gasteiger partial charge in [-0.25, -0.2) is 4.79 Å². The third kappa shape index (κ3) is 5.64. The predicted molar refractivity (Wildman–Crippen MR) is 206 cm³/mol. The van der Waals surface area contributed by atoms with Crippen molar-refractivity contribution in [2.24, 2.45) is 14.1 Å². The lowest BCUT2D eigenvalue weighted by Gasteiger charge is -2.35. The van der Waals surface area contributed by atoms with Gasteiger partial charge in [-0.3, -0.25) is 9.48 Å². The van der Waals surface area contributed by atoms with Crippen LogP contribution in [0.25, 0.3) is 32.9 Å². The minimum absolute atomic E-state index is 0.105. The lowest BCUT2D eigenvalue weighted by molar-refractivity contribution is 0.0698. The van der Waals surface area contributed by atoms with Crippen molar-refractivity contribution in [3.05, 3.63) is 97.5 Å². The van der Waals surface area contributed by atoms with Gasteiger partial charge >= 0.3 is 5.97 Å². The molecule has 12 heteroatoms. The lowest BCUT2D eigenvalue weighted by Crippen LogP contribution is -2.43. The number of aryl methyl sites for hydroxylation is 6. The maximum absolute atomic E-state index is 15.1. The third-order valence-corrected chi connectivity index (χ3v) is 11.3. The number of fused-ring (bicyclic) bond motifs is 4. The number of rotatable bonds is 9. The van der Waals surface area contributed by atoms with Crippen LogP contribution < -0.4 is 9.64 Å². The number of hydrogen-bond acceptors (Lipinski definition) is 5. The van der Waals surface area contributed by atoms with Crippen LogP contribution in [0.5, 0.6) is 5.75 Å². The maximum Gasteiger partial charge on any atom is 0.337 e. The monoisotopic (exact) mass is 741 g/mol. The summed E-state index contributed by atoms with van der Waals surface area (Å²) in [5, 5.41) is 27.6. The maximum atomic E-state index is 15.1. The van der Waals surface area contributed by atoms with E-state index in [2.05, 4.69) is 11.5 Å². The molecule has 0 saturated heterocycles. The molecule has 6 aromatic rings. The number of carboxylic acids is 1. The number of anilines is 1. The van der Waals surface area contributed by atoms with Gasteiger partial charge in [-0.05, 0) is 100 Å². The van der Waals surface area contributed by atoms with E-state index in [9.17, 15) is 15.0 Å². The first-order valence-electron chi connectivity index (χ1n) is 17.3. The summed E-state index contributed by atoms with van der Waals surface area (Å²) in [6, 6.07) is 11.0. The SMILES string of the molecule is Cc1cc(OCCCc2c3n(c4c(-c5c(C)nn(C)c5C)c(Cl)ccc24)C(C)CN(c2cc(CO)cc4c(C(=O)O)cn(C)c24)C3=O)cc(C)c1Cl. The van der Waals surface area contributed by atoms with E-state index in [4.69, 9.17) is 33.0 Å². The highest BCUT2D eigenvalue weighted by Gasteiger charge is 2.38. The molecule has 1 aliphatic heterocycles. The largest absolute Gasteiger partial charge is 0.494 e. The van der Waals surface area contributed by atoms with Crippen molar-refractivity contribution in [1.29, 1.82) is 0 Å². The van der Waals surface area contributed by atoms with E-state index in [1.54, 1.807) is 34.8 Å². The van der Waals surface area contributed by atoms with Gasteiger partial charge in [0.05, 0.1) is 46.2 Å². The molecule has 270 valence electrons. The minimum Gasteiger partial charge on any atom is -0.494 e. The molecule has 0 spiro atoms. The molecule has 10 nitrogen and oxygen atoms in total. The highest BCUT2D eigenvalue weighted by atomic mass is 35.5. The number of ether oxygens (including phenoxy) is 1. The topological polar surface area (TPSA) is 115 Å². The Kier molecular flexibility index (Phi) is 9.13. The number of aliphatic hydroxyl groups is 1. The summed E-state index contributed by atoms with van der Waals surface area (Å²) in [5.74, 6) is -0.555. The number of hydrogen-bond donors (Lipinski definition) is 2. The predicted octanol–water partition coefficient (Wildman–Crippen LogP) is 8.50. The number of carbonyl (C=O) groups excluding carboxylic acids is 1. The molecule has 0 fully saturated rings. The number of nitrogens with zero attached hydrogens (tertiary/aromatic N) is 5. The van der Waals surface area contributed by atoms with Gasteiger partial charge in [-0.2, -0.15) is 5.10 Å². The first-order chi connectivity index (χ1) is 24.7. The van der Waals surface area contributed by atoms with Crippen molar-refractivity contribution in [3.8, 4) is 16.9 Å². The Morgan fingerprint density at radius 1 is 1.00 bits per heavy atom. The summed E-state index contributed by atoms with van der Waals surface area (Å²) in [5.41, 5.74) is 9.55. The molecule has 0 saturated carbocycles. The molecule has 1 atom stereocenters. The quantitative estimate of drug-likeness (QED) is 0.144. The molecule has 2 N–H and O–H groups in total. The highest BCUT2D eigenvalue weighted by molar-refractivity contribution is 6.35. The molecule has 1 amide bonds. The Labute approximate surface area is 311 Å². The van der Waals surface area contributed by atoms with Crippen LogP contribution in [0.1, 0.15) is 73.9 Å². The molecule has 52 heavy (non-hydrogen) atoms. The Morgan fingerprint density at radius 2 is 1.71 bits per heavy atom. The molecule has 0 aliphatic carbocycles. The van der Waals surface area contributed by atoms with Crippen LogP contribution in [-0.2, 0) is 27.1 Å². The summed E-state index contributed by atoms with van der Waals surface area (Å²) < 4.78 is 11.9. The Hall–Kier alpha value is -4.77. The third-order valence-electron chi connectivity index (χ3n) is 10.4. The number of halogens is 2. The van der Waals surface area contributed by atoms with Crippen LogP contribution in [0.4, 0.5) is 5.69 Å². The molecule has 4 heterocycles. The van der Waals surface area contributed by atoms with Crippen molar-refractivity contribution in [1.82, 2.24) is 18.9 Å². The smallest absolute Gasteiger partial charge is 0.337 e. The fourth-order valence-electron chi connectivity index (χ4n) is 7.99. The molecular weight excluding hydrogens is 701 g/mol. The van der Waals surface area contributed by atoms with Gasteiger partial charge < -0.3 is 29.0 Å². The van der Waals surface area contributed by atoms with Crippen molar-refractivity contribution in [3.63, 3.8) is 0 Å². The molecule has 1 unspecified atom stereocenters. The van der Waals surface area contributed by atoms with Crippen LogP contribution in [0.15, 0.2) is 42.6 Å². The number of aromatic nitrogens is 4. The van der Waals surface area contributed by atoms with Crippen LogP contribution >= 0.6 is 23.2 Å². The van der Waals surface area contributed by atoms with Gasteiger partial charge in [-0.15, -0.1) is 0 Å². The molecular formula is C40H41Cl2N5O5. The first kappa shape index (κ1) is 35.6. The van der Waals surface area contributed by atoms with E-state index in [0.717, 1.165) is 60.9 Å². The number of amides is 1. The molecule has 0 bridgehead atoms. The van der Waals surface area contributed by atoms with E-state index in [1.165, 1.54) is 0 Å². The highest BCUT2D eigenvalue weighted by Crippen LogP contribution is 2.46. The Balaban J connectivity index is 1.40. The Bertz CT molecular complexity index is 2430. The number of carbonyl (C=O) groups is 2. The normalized spacial score (nSPS) is 14.5. The Morgan fingerprint density at radius 3 is 2.35 bits per heavy atom. The molecule has 7 rings (SSSR count). The van der Waals surface area contributed by atoms with E-state index in [0.29, 0.717) is 58.9 Å². The fourth-order valence-corrected chi connectivity index (χ4v) is 8.34. The lowest BCUT2D eigenvalue weighted by atomic mass is 9.98. The second kappa shape index (κ2) is 13.3. The van der Waals surface area contributed by atoms with E-state index >= 15 is 4.79 Å². The average Bonchev–Trinajstić information content (AvgIpc) is 3.71. The summed E-state index contributed by atoms with van der Waals surface area (Å²) >= 11 is 13.5. The van der Waals surface area contributed by atoms with Gasteiger partial charge in [0, 0.05) is 65.5 Å². The molecule has 3 aromatic heterocycles. The summed E-state index contributed by atoms with van der Waals surface area (Å²) in [6.07, 6.45) is 2.72. The number of carboxylic acid groups (broad SMARTS) is 1. The van der Waals surface area contributed by atoms with Gasteiger partial charge in [0.15, 0.2) is 0 Å². The van der Waals surface area contributed by atoms with Gasteiger partial charge in [-0.1, -0.05) is 29.3 Å². The van der Waals surface area contributed by atoms with Crippen molar-refractivity contribution >= 4 is 62.6 Å². The van der Waals surface area contributed by atoms with Crippen molar-refractivity contribution in [2.45, 2.75) is 60.1 Å².